The molecule has 0 saturated carbocycles. The topological polar surface area (TPSA) is 101 Å². The van der Waals surface area contributed by atoms with Crippen molar-refractivity contribution in [3.05, 3.63) is 22.6 Å². The van der Waals surface area contributed by atoms with E-state index in [1.165, 1.54) is 0 Å². The van der Waals surface area contributed by atoms with Crippen molar-refractivity contribution in [2.24, 2.45) is 10.8 Å². The molecule has 1 heterocycles. The fraction of sp³-hybridized carbons (Fsp3) is 0.364. The number of furan rings is 1. The highest BCUT2D eigenvalue weighted by Gasteiger charge is 2.27. The van der Waals surface area contributed by atoms with Crippen LogP contribution in [0.3, 0.4) is 0 Å². The minimum Gasteiger partial charge on any atom is -0.475 e. The Kier molecular flexibility index (Phi) is 3.33. The number of hydrogen-bond donors (Lipinski definition) is 3. The van der Waals surface area contributed by atoms with Crippen molar-refractivity contribution in [3.63, 3.8) is 0 Å². The summed E-state index contributed by atoms with van der Waals surface area (Å²) in [5.74, 6) is -0.423. The number of hydrazone groups is 1. The van der Waals surface area contributed by atoms with Gasteiger partial charge in [-0.15, -0.1) is 0 Å². The first kappa shape index (κ1) is 12.6. The van der Waals surface area contributed by atoms with E-state index in [1.807, 2.05) is 0 Å². The van der Waals surface area contributed by atoms with Crippen LogP contribution in [0.5, 0.6) is 0 Å². The highest BCUT2D eigenvalue weighted by Crippen LogP contribution is 2.29. The smallest absolute Gasteiger partial charge is 0.372 e. The number of carboxylic acid groups (broad SMARTS) is 1. The molecule has 96 valence electrons. The second-order valence-corrected chi connectivity index (χ2v) is 4.49. The molecule has 0 amide bonds. The van der Waals surface area contributed by atoms with Crippen LogP contribution in [0.25, 0.3) is 0 Å². The molecule has 7 heteroatoms. The first-order valence-electron chi connectivity index (χ1n) is 5.48. The lowest BCUT2D eigenvalue weighted by molar-refractivity contribution is 0.0659. The first-order valence-corrected chi connectivity index (χ1v) is 5.89. The fourth-order valence-corrected chi connectivity index (χ4v) is 2.15. The van der Waals surface area contributed by atoms with E-state index in [-0.39, 0.29) is 10.9 Å². The summed E-state index contributed by atoms with van der Waals surface area (Å²) in [5.41, 5.74) is 9.94. The number of thiocarbonyl (C=S) groups is 1. The summed E-state index contributed by atoms with van der Waals surface area (Å²) >= 11 is 4.68. The zero-order valence-electron chi connectivity index (χ0n) is 9.82. The standard InChI is InChI=1S/C11H13N3O3S/c1-5-8-6(13-14-11(12)18)3-2-4-7(8)17-9(5)10(15)16/h2-4H2,1H3,(H,15,16)(H3,12,14,18)/b13-6+. The Morgan fingerprint density at radius 3 is 2.89 bits per heavy atom. The normalized spacial score (nSPS) is 16.4. The number of nitrogens with zero attached hydrogens (tertiary/aromatic N) is 1. The number of carbonyl (C=O) groups is 1. The number of nitrogens with two attached hydrogens (primary N) is 1. The van der Waals surface area contributed by atoms with Gasteiger partial charge in [-0.2, -0.15) is 5.10 Å². The number of aromatic carboxylic acids is 1. The number of nitrogens with one attached hydrogen (secondary N) is 1. The summed E-state index contributed by atoms with van der Waals surface area (Å²) in [4.78, 5) is 11.0. The van der Waals surface area contributed by atoms with Crippen LogP contribution in [0.1, 0.15) is 40.3 Å². The molecule has 18 heavy (non-hydrogen) atoms. The quantitative estimate of drug-likeness (QED) is 0.549. The second kappa shape index (κ2) is 4.77. The van der Waals surface area contributed by atoms with Crippen LogP contribution in [0.2, 0.25) is 0 Å². The average molecular weight is 267 g/mol. The van der Waals surface area contributed by atoms with Crippen molar-refractivity contribution in [2.45, 2.75) is 26.2 Å². The predicted octanol–water partition coefficient (Wildman–Crippen LogP) is 1.16. The SMILES string of the molecule is Cc1c(C(=O)O)oc2c1/C(=N/NC(N)=S)CCC2. The highest BCUT2D eigenvalue weighted by molar-refractivity contribution is 7.80. The van der Waals surface area contributed by atoms with Gasteiger partial charge in [0, 0.05) is 17.5 Å². The van der Waals surface area contributed by atoms with Crippen molar-refractivity contribution < 1.29 is 14.3 Å². The Bertz CT molecular complexity index is 548. The molecule has 0 bridgehead atoms. The molecule has 1 aromatic rings. The van der Waals surface area contributed by atoms with Gasteiger partial charge in [-0.1, -0.05) is 0 Å². The van der Waals surface area contributed by atoms with Gasteiger partial charge in [-0.25, -0.2) is 4.79 Å². The highest BCUT2D eigenvalue weighted by atomic mass is 32.1. The van der Waals surface area contributed by atoms with Crippen molar-refractivity contribution in [2.75, 3.05) is 0 Å². The molecule has 0 aliphatic heterocycles. The first-order chi connectivity index (χ1) is 8.50. The van der Waals surface area contributed by atoms with Crippen molar-refractivity contribution in [1.82, 2.24) is 5.43 Å². The molecular weight excluding hydrogens is 254 g/mol. The van der Waals surface area contributed by atoms with Gasteiger partial charge in [-0.05, 0) is 32.0 Å². The molecule has 0 unspecified atom stereocenters. The Morgan fingerprint density at radius 2 is 2.28 bits per heavy atom. The van der Waals surface area contributed by atoms with Crippen LogP contribution in [-0.4, -0.2) is 21.9 Å². The lowest BCUT2D eigenvalue weighted by Gasteiger charge is -2.13. The maximum atomic E-state index is 11.0. The zero-order valence-corrected chi connectivity index (χ0v) is 10.6. The molecule has 1 aliphatic rings. The molecule has 4 N–H and O–H groups in total. The predicted molar refractivity (Wildman–Crippen MR) is 69.8 cm³/mol. The van der Waals surface area contributed by atoms with E-state index in [0.717, 1.165) is 30.5 Å². The second-order valence-electron chi connectivity index (χ2n) is 4.05. The van der Waals surface area contributed by atoms with Gasteiger partial charge >= 0.3 is 5.97 Å². The summed E-state index contributed by atoms with van der Waals surface area (Å²) < 4.78 is 5.36. The molecule has 0 aromatic carbocycles. The third kappa shape index (κ3) is 2.21. The average Bonchev–Trinajstić information content (AvgIpc) is 2.65. The van der Waals surface area contributed by atoms with E-state index in [0.29, 0.717) is 11.3 Å². The zero-order chi connectivity index (χ0) is 13.3. The van der Waals surface area contributed by atoms with Gasteiger partial charge in [0.05, 0.1) is 5.71 Å². The fourth-order valence-electron chi connectivity index (χ4n) is 2.11. The van der Waals surface area contributed by atoms with Crippen LogP contribution in [0, 0.1) is 6.92 Å². The van der Waals surface area contributed by atoms with Crippen LogP contribution >= 0.6 is 12.2 Å². The van der Waals surface area contributed by atoms with Crippen LogP contribution in [-0.2, 0) is 6.42 Å². The van der Waals surface area contributed by atoms with Crippen molar-refractivity contribution in [1.29, 1.82) is 0 Å². The van der Waals surface area contributed by atoms with E-state index in [1.54, 1.807) is 6.92 Å². The molecule has 1 aliphatic carbocycles. The Hall–Kier alpha value is -1.89. The Balaban J connectivity index is 2.45. The van der Waals surface area contributed by atoms with Crippen LogP contribution in [0.4, 0.5) is 0 Å². The number of fused-ring (bicyclic) bond motifs is 1. The van der Waals surface area contributed by atoms with E-state index in [2.05, 4.69) is 22.7 Å². The molecule has 0 fully saturated rings. The number of hydrogen-bond acceptors (Lipinski definition) is 4. The molecule has 6 nitrogen and oxygen atoms in total. The van der Waals surface area contributed by atoms with Gasteiger partial charge in [0.25, 0.3) is 0 Å². The summed E-state index contributed by atoms with van der Waals surface area (Å²) in [7, 11) is 0. The monoisotopic (exact) mass is 267 g/mol. The lowest BCUT2D eigenvalue weighted by Crippen LogP contribution is -2.26. The van der Waals surface area contributed by atoms with E-state index in [9.17, 15) is 4.79 Å². The van der Waals surface area contributed by atoms with Gasteiger partial charge in [0.1, 0.15) is 5.76 Å². The summed E-state index contributed by atoms with van der Waals surface area (Å²) in [6.07, 6.45) is 2.31. The number of aryl methyl sites for hydroxylation is 1. The lowest BCUT2D eigenvalue weighted by atomic mass is 9.93. The van der Waals surface area contributed by atoms with Gasteiger partial charge in [0.2, 0.25) is 5.76 Å². The largest absolute Gasteiger partial charge is 0.475 e. The molecule has 0 atom stereocenters. The minimum absolute atomic E-state index is 0.0232. The summed E-state index contributed by atoms with van der Waals surface area (Å²) in [6.45, 7) is 1.72. The molecule has 1 aromatic heterocycles. The van der Waals surface area contributed by atoms with Crippen molar-refractivity contribution >= 4 is 29.0 Å². The maximum absolute atomic E-state index is 11.0. The van der Waals surface area contributed by atoms with E-state index in [4.69, 9.17) is 15.3 Å². The Labute approximate surface area is 109 Å². The van der Waals surface area contributed by atoms with Gasteiger partial charge < -0.3 is 15.3 Å². The third-order valence-electron chi connectivity index (χ3n) is 2.82. The van der Waals surface area contributed by atoms with Crippen molar-refractivity contribution in [3.8, 4) is 0 Å². The van der Waals surface area contributed by atoms with Crippen LogP contribution < -0.4 is 11.2 Å². The van der Waals surface area contributed by atoms with E-state index >= 15 is 0 Å². The molecule has 0 radical (unpaired) electrons. The maximum Gasteiger partial charge on any atom is 0.372 e. The number of carboxylic acids is 1. The van der Waals surface area contributed by atoms with Crippen LogP contribution in [0.15, 0.2) is 9.52 Å². The molecule has 0 saturated heterocycles. The number of rotatable bonds is 2. The van der Waals surface area contributed by atoms with Gasteiger partial charge in [0.15, 0.2) is 5.11 Å². The molecular formula is C11H13N3O3S. The summed E-state index contributed by atoms with van der Waals surface area (Å²) in [6, 6.07) is 0. The Morgan fingerprint density at radius 1 is 1.56 bits per heavy atom. The minimum atomic E-state index is -1.07. The third-order valence-corrected chi connectivity index (χ3v) is 2.91. The molecule has 0 spiro atoms. The van der Waals surface area contributed by atoms with Gasteiger partial charge in [-0.3, -0.25) is 5.43 Å². The van der Waals surface area contributed by atoms with E-state index < -0.39 is 5.97 Å². The molecule has 2 rings (SSSR count). The summed E-state index contributed by atoms with van der Waals surface area (Å²) in [5, 5.41) is 13.2.